The Bertz CT molecular complexity index is 1640. The Morgan fingerprint density at radius 3 is 2.25 bits per heavy atom. The van der Waals surface area contributed by atoms with E-state index in [-0.39, 0.29) is 29.7 Å². The number of amides is 2. The van der Waals surface area contributed by atoms with Crippen LogP contribution in [0.15, 0.2) is 60.8 Å². The summed E-state index contributed by atoms with van der Waals surface area (Å²) in [6, 6.07) is 7.35. The number of pyridine rings is 1. The number of alkyl halides is 4. The molecule has 0 aliphatic rings. The van der Waals surface area contributed by atoms with E-state index in [1.807, 2.05) is 0 Å². The van der Waals surface area contributed by atoms with Crippen LogP contribution in [0.25, 0.3) is 11.1 Å². The van der Waals surface area contributed by atoms with E-state index in [1.165, 1.54) is 38.4 Å². The molecule has 0 aliphatic heterocycles. The number of benzene rings is 2. The van der Waals surface area contributed by atoms with Gasteiger partial charge in [-0.05, 0) is 60.4 Å². The molecule has 2 amide bonds. The van der Waals surface area contributed by atoms with Gasteiger partial charge in [-0.2, -0.15) is 5.10 Å². The molecule has 44 heavy (non-hydrogen) atoms. The molecule has 2 aromatic heterocycles. The van der Waals surface area contributed by atoms with E-state index in [1.54, 1.807) is 6.07 Å². The smallest absolute Gasteiger partial charge is 0.282 e. The molecule has 0 spiro atoms. The maximum Gasteiger partial charge on any atom is 0.282 e. The molecule has 2 atom stereocenters. The molecular weight excluding hydrogens is 595 g/mol. The summed E-state index contributed by atoms with van der Waals surface area (Å²) in [7, 11) is 1.32. The molecule has 14 heteroatoms. The fourth-order valence-electron chi connectivity index (χ4n) is 4.81. The first-order chi connectivity index (χ1) is 20.9. The lowest BCUT2D eigenvalue weighted by Gasteiger charge is -2.25. The van der Waals surface area contributed by atoms with Gasteiger partial charge in [-0.25, -0.2) is 30.7 Å². The van der Waals surface area contributed by atoms with Crippen molar-refractivity contribution in [3.63, 3.8) is 0 Å². The number of hydrogen-bond acceptors (Lipinski definition) is 4. The van der Waals surface area contributed by atoms with Crippen LogP contribution in [0.2, 0.25) is 0 Å². The lowest BCUT2D eigenvalue weighted by atomic mass is 9.94. The molecule has 4 aromatic rings. The van der Waals surface area contributed by atoms with E-state index in [2.05, 4.69) is 20.7 Å². The Hall–Kier alpha value is -4.75. The zero-order valence-electron chi connectivity index (χ0n) is 23.3. The lowest BCUT2D eigenvalue weighted by molar-refractivity contribution is -0.125. The van der Waals surface area contributed by atoms with Crippen LogP contribution in [-0.4, -0.2) is 33.6 Å². The first kappa shape index (κ1) is 32.2. The number of carbonyl (C=O) groups is 2. The summed E-state index contributed by atoms with van der Waals surface area (Å²) in [5, 5.41) is 8.54. The molecule has 0 fully saturated rings. The quantitative estimate of drug-likeness (QED) is 0.184. The van der Waals surface area contributed by atoms with Crippen molar-refractivity contribution in [3.8, 4) is 11.1 Å². The monoisotopic (exact) mass is 621 g/mol. The number of nitrogens with zero attached hydrogens (tertiary/aromatic N) is 3. The van der Waals surface area contributed by atoms with Gasteiger partial charge in [-0.1, -0.05) is 19.1 Å². The predicted molar refractivity (Wildman–Crippen MR) is 145 cm³/mol. The van der Waals surface area contributed by atoms with Crippen LogP contribution < -0.4 is 10.6 Å². The maximum atomic E-state index is 14.4. The molecule has 2 N–H and O–H groups in total. The van der Waals surface area contributed by atoms with Crippen LogP contribution in [0, 0.1) is 17.5 Å². The first-order valence-electron chi connectivity index (χ1n) is 13.3. The maximum absolute atomic E-state index is 14.4. The number of nitrogens with one attached hydrogen (secondary N) is 2. The van der Waals surface area contributed by atoms with Crippen LogP contribution >= 0.6 is 0 Å². The third kappa shape index (κ3) is 7.06. The van der Waals surface area contributed by atoms with E-state index in [9.17, 15) is 40.3 Å². The Labute approximate surface area is 247 Å². The Balaban J connectivity index is 1.81. The molecule has 0 aliphatic carbocycles. The lowest BCUT2D eigenvalue weighted by Crippen LogP contribution is -2.37. The van der Waals surface area contributed by atoms with Gasteiger partial charge in [-0.3, -0.25) is 19.3 Å². The summed E-state index contributed by atoms with van der Waals surface area (Å²) in [5.41, 5.74) is -1.29. The normalized spacial score (nSPS) is 12.8. The van der Waals surface area contributed by atoms with E-state index in [0.29, 0.717) is 27.9 Å². The van der Waals surface area contributed by atoms with Crippen molar-refractivity contribution in [2.75, 3.05) is 7.05 Å². The van der Waals surface area contributed by atoms with Gasteiger partial charge in [-0.15, -0.1) is 0 Å². The summed E-state index contributed by atoms with van der Waals surface area (Å²) in [5.74, 6) is -4.23. The highest BCUT2D eigenvalue weighted by molar-refractivity contribution is 5.95. The largest absolute Gasteiger partial charge is 0.355 e. The molecule has 2 heterocycles. The summed E-state index contributed by atoms with van der Waals surface area (Å²) in [6.07, 6.45) is -5.43. The van der Waals surface area contributed by atoms with Crippen LogP contribution in [-0.2, 0) is 11.2 Å². The van der Waals surface area contributed by atoms with E-state index < -0.39 is 65.6 Å². The van der Waals surface area contributed by atoms with Gasteiger partial charge in [0, 0.05) is 24.9 Å². The Kier molecular flexibility index (Phi) is 10.0. The predicted octanol–water partition coefficient (Wildman–Crippen LogP) is 6.65. The van der Waals surface area contributed by atoms with Crippen molar-refractivity contribution in [3.05, 3.63) is 106 Å². The molecule has 232 valence electrons. The number of hydrogen-bond donors (Lipinski definition) is 2. The van der Waals surface area contributed by atoms with Gasteiger partial charge in [0.1, 0.15) is 34.9 Å². The second-order valence-electron chi connectivity index (χ2n) is 9.72. The van der Waals surface area contributed by atoms with E-state index in [0.717, 1.165) is 18.2 Å². The Morgan fingerprint density at radius 2 is 1.64 bits per heavy atom. The third-order valence-corrected chi connectivity index (χ3v) is 6.81. The second-order valence-corrected chi connectivity index (χ2v) is 9.72. The molecule has 0 radical (unpaired) electrons. The minimum atomic E-state index is -3.22. The molecule has 2 aromatic carbocycles. The Morgan fingerprint density at radius 1 is 0.932 bits per heavy atom. The van der Waals surface area contributed by atoms with Gasteiger partial charge in [0.15, 0.2) is 0 Å². The van der Waals surface area contributed by atoms with Crippen molar-refractivity contribution >= 4 is 11.8 Å². The second kappa shape index (κ2) is 13.7. The van der Waals surface area contributed by atoms with Gasteiger partial charge in [0.25, 0.3) is 18.8 Å². The van der Waals surface area contributed by atoms with Crippen LogP contribution in [0.4, 0.5) is 30.7 Å². The third-order valence-electron chi connectivity index (χ3n) is 6.81. The summed E-state index contributed by atoms with van der Waals surface area (Å²) >= 11 is 0. The summed E-state index contributed by atoms with van der Waals surface area (Å²) in [6.45, 7) is 1.46. The molecule has 0 saturated heterocycles. The van der Waals surface area contributed by atoms with Gasteiger partial charge >= 0.3 is 0 Å². The minimum absolute atomic E-state index is 0.0925. The molecule has 4 rings (SSSR count). The van der Waals surface area contributed by atoms with Crippen molar-refractivity contribution in [2.24, 2.45) is 0 Å². The fourth-order valence-corrected chi connectivity index (χ4v) is 4.81. The van der Waals surface area contributed by atoms with Gasteiger partial charge < -0.3 is 10.6 Å². The van der Waals surface area contributed by atoms with E-state index in [4.69, 9.17) is 0 Å². The van der Waals surface area contributed by atoms with Gasteiger partial charge in [0.05, 0.1) is 17.3 Å². The van der Waals surface area contributed by atoms with Crippen molar-refractivity contribution in [1.29, 1.82) is 0 Å². The van der Waals surface area contributed by atoms with Crippen LogP contribution in [0.5, 0.6) is 0 Å². The zero-order valence-corrected chi connectivity index (χ0v) is 23.3. The minimum Gasteiger partial charge on any atom is -0.355 e. The van der Waals surface area contributed by atoms with Crippen molar-refractivity contribution in [2.45, 2.75) is 44.7 Å². The first-order valence-corrected chi connectivity index (χ1v) is 13.3. The van der Waals surface area contributed by atoms with E-state index >= 15 is 0 Å². The standard InChI is InChI=1S/C30H26F7N5O2/c1-3-24(42-25(28(36)37)14-23(41-42)27(34)35)30(44)40-22(11-15-9-17(31)13-18(32)10-15)26-19(5-4-8-39-26)16-6-7-21(33)20(12-16)29(43)38-2/h4-10,12-14,22,24,27-28H,3,11H2,1-2H3,(H,38,43)(H,40,44)/t22-,24+/m0/s1. The molecule has 7 nitrogen and oxygen atoms in total. The number of carbonyl (C=O) groups excluding carboxylic acids is 2. The zero-order chi connectivity index (χ0) is 32.1. The highest BCUT2D eigenvalue weighted by Gasteiger charge is 2.31. The fraction of sp³-hybridized carbons (Fsp3) is 0.267. The summed E-state index contributed by atoms with van der Waals surface area (Å²) < 4.78 is 97.4. The number of rotatable bonds is 11. The van der Waals surface area contributed by atoms with Crippen molar-refractivity contribution < 1.29 is 40.3 Å². The average Bonchev–Trinajstić information content (AvgIpc) is 3.42. The number of aromatic nitrogens is 3. The topological polar surface area (TPSA) is 88.9 Å². The summed E-state index contributed by atoms with van der Waals surface area (Å²) in [4.78, 5) is 30.2. The van der Waals surface area contributed by atoms with Crippen LogP contribution in [0.3, 0.4) is 0 Å². The van der Waals surface area contributed by atoms with Crippen LogP contribution in [0.1, 0.15) is 71.3 Å². The molecule has 0 unspecified atom stereocenters. The molecule has 0 saturated carbocycles. The van der Waals surface area contributed by atoms with Crippen molar-refractivity contribution in [1.82, 2.24) is 25.4 Å². The molecular formula is C30H26F7N5O2. The van der Waals surface area contributed by atoms with Gasteiger partial charge in [0.2, 0.25) is 5.91 Å². The SMILES string of the molecule is CC[C@H](C(=O)N[C@@H](Cc1cc(F)cc(F)c1)c1ncccc1-c1ccc(F)c(C(=O)NC)c1)n1nc(C(F)F)cc1C(F)F. The number of halogens is 7. The average molecular weight is 622 g/mol. The molecule has 0 bridgehead atoms. The highest BCUT2D eigenvalue weighted by Crippen LogP contribution is 2.32. The highest BCUT2D eigenvalue weighted by atomic mass is 19.3.